The SMILES string of the molecule is COc1nc(Nc2ccc(CN3CCC(C)CC3)cc2)nc2[nH]cc(-c3cccc(CC(=O)c4cc(C)n(C)n4)c3)c12. The molecule has 4 heterocycles. The van der Waals surface area contributed by atoms with Crippen LogP contribution in [0, 0.1) is 12.8 Å². The van der Waals surface area contributed by atoms with E-state index in [0.29, 0.717) is 23.2 Å². The van der Waals surface area contributed by atoms with Gasteiger partial charge in [0.2, 0.25) is 11.8 Å². The highest BCUT2D eigenvalue weighted by Crippen LogP contribution is 2.35. The summed E-state index contributed by atoms with van der Waals surface area (Å²) in [5.41, 5.74) is 7.09. The van der Waals surface area contributed by atoms with Gasteiger partial charge in [0.25, 0.3) is 0 Å². The molecule has 0 radical (unpaired) electrons. The van der Waals surface area contributed by atoms with Crippen LogP contribution in [0.5, 0.6) is 5.88 Å². The molecule has 0 atom stereocenters. The summed E-state index contributed by atoms with van der Waals surface area (Å²) in [4.78, 5) is 28.1. The summed E-state index contributed by atoms with van der Waals surface area (Å²) in [7, 11) is 3.45. The normalized spacial score (nSPS) is 14.4. The fraction of sp³-hybridized carbons (Fsp3) is 0.333. The lowest BCUT2D eigenvalue weighted by molar-refractivity contribution is 0.0987. The number of hydrogen-bond acceptors (Lipinski definition) is 7. The van der Waals surface area contributed by atoms with Crippen molar-refractivity contribution in [1.29, 1.82) is 0 Å². The maximum absolute atomic E-state index is 12.9. The van der Waals surface area contributed by atoms with E-state index in [1.807, 2.05) is 50.5 Å². The Labute approximate surface area is 245 Å². The van der Waals surface area contributed by atoms with E-state index < -0.39 is 0 Å². The zero-order chi connectivity index (χ0) is 29.2. The fourth-order valence-electron chi connectivity index (χ4n) is 5.55. The molecule has 0 unspecified atom stereocenters. The molecule has 5 aromatic rings. The van der Waals surface area contributed by atoms with Crippen molar-refractivity contribution in [1.82, 2.24) is 29.6 Å². The van der Waals surface area contributed by atoms with Gasteiger partial charge in [-0.05, 0) is 73.7 Å². The lowest BCUT2D eigenvalue weighted by Crippen LogP contribution is -2.32. The van der Waals surface area contributed by atoms with Gasteiger partial charge < -0.3 is 15.0 Å². The third-order valence-electron chi connectivity index (χ3n) is 8.19. The molecular weight excluding hydrogens is 526 g/mol. The number of Topliss-reactive ketones (excluding diaryl/α,β-unsaturated/α-hetero) is 1. The molecule has 2 N–H and O–H groups in total. The first-order valence-corrected chi connectivity index (χ1v) is 14.5. The molecule has 3 aromatic heterocycles. The van der Waals surface area contributed by atoms with E-state index in [4.69, 9.17) is 9.72 Å². The predicted molar refractivity (Wildman–Crippen MR) is 165 cm³/mol. The van der Waals surface area contributed by atoms with Gasteiger partial charge in [-0.1, -0.05) is 43.3 Å². The Balaban J connectivity index is 1.19. The van der Waals surface area contributed by atoms with Crippen LogP contribution >= 0.6 is 0 Å². The first-order chi connectivity index (χ1) is 20.4. The van der Waals surface area contributed by atoms with Crippen molar-refractivity contribution in [3.05, 3.63) is 83.3 Å². The number of rotatable bonds is 9. The Morgan fingerprint density at radius 1 is 1.07 bits per heavy atom. The number of benzene rings is 2. The number of hydrogen-bond donors (Lipinski definition) is 2. The van der Waals surface area contributed by atoms with E-state index in [-0.39, 0.29) is 12.2 Å². The summed E-state index contributed by atoms with van der Waals surface area (Å²) in [5, 5.41) is 8.45. The molecule has 9 nitrogen and oxygen atoms in total. The van der Waals surface area contributed by atoms with Crippen molar-refractivity contribution in [2.75, 3.05) is 25.5 Å². The minimum atomic E-state index is -0.0134. The quantitative estimate of drug-likeness (QED) is 0.210. The molecule has 9 heteroatoms. The van der Waals surface area contributed by atoms with E-state index in [2.05, 4.69) is 56.5 Å². The van der Waals surface area contributed by atoms with E-state index in [1.165, 1.54) is 31.5 Å². The maximum atomic E-state index is 12.9. The number of piperidine rings is 1. The van der Waals surface area contributed by atoms with Crippen LogP contribution in [0.25, 0.3) is 22.2 Å². The van der Waals surface area contributed by atoms with Crippen LogP contribution in [0.1, 0.15) is 47.1 Å². The Bertz CT molecular complexity index is 1690. The number of aromatic nitrogens is 5. The number of aryl methyl sites for hydroxylation is 2. The van der Waals surface area contributed by atoms with E-state index >= 15 is 0 Å². The highest BCUT2D eigenvalue weighted by molar-refractivity contribution is 5.99. The summed E-state index contributed by atoms with van der Waals surface area (Å²) < 4.78 is 7.44. The maximum Gasteiger partial charge on any atom is 0.232 e. The van der Waals surface area contributed by atoms with Crippen molar-refractivity contribution in [2.45, 2.75) is 39.7 Å². The number of nitrogens with zero attached hydrogens (tertiary/aromatic N) is 5. The number of H-pyrrole nitrogens is 1. The average molecular weight is 564 g/mol. The molecule has 0 bridgehead atoms. The number of methoxy groups -OCH3 is 1. The van der Waals surface area contributed by atoms with Crippen molar-refractivity contribution < 1.29 is 9.53 Å². The van der Waals surface area contributed by atoms with E-state index in [9.17, 15) is 4.79 Å². The number of anilines is 2. The molecule has 42 heavy (non-hydrogen) atoms. The first kappa shape index (κ1) is 27.7. The van der Waals surface area contributed by atoms with Gasteiger partial charge in [-0.25, -0.2) is 0 Å². The molecule has 216 valence electrons. The van der Waals surface area contributed by atoms with Crippen LogP contribution in [0.2, 0.25) is 0 Å². The molecule has 0 aliphatic carbocycles. The molecule has 1 saturated heterocycles. The van der Waals surface area contributed by atoms with Crippen molar-refractivity contribution in [2.24, 2.45) is 13.0 Å². The molecule has 6 rings (SSSR count). The van der Waals surface area contributed by atoms with Crippen molar-refractivity contribution in [3.63, 3.8) is 0 Å². The summed E-state index contributed by atoms with van der Waals surface area (Å²) in [5.74, 6) is 1.75. The van der Waals surface area contributed by atoms with Crippen LogP contribution in [0.4, 0.5) is 11.6 Å². The molecule has 1 aliphatic heterocycles. The molecule has 2 aromatic carbocycles. The van der Waals surface area contributed by atoms with E-state index in [0.717, 1.165) is 45.9 Å². The van der Waals surface area contributed by atoms with Gasteiger partial charge in [0.1, 0.15) is 11.3 Å². The molecule has 1 fully saturated rings. The van der Waals surface area contributed by atoms with Gasteiger partial charge in [0.15, 0.2) is 5.78 Å². The van der Waals surface area contributed by atoms with Crippen LogP contribution in [-0.4, -0.2) is 55.6 Å². The number of ketones is 1. The van der Waals surface area contributed by atoms with Crippen molar-refractivity contribution in [3.8, 4) is 17.0 Å². The van der Waals surface area contributed by atoms with Crippen molar-refractivity contribution >= 4 is 28.5 Å². The third kappa shape index (κ3) is 5.92. The summed E-state index contributed by atoms with van der Waals surface area (Å²) in [6, 6.07) is 18.2. The van der Waals surface area contributed by atoms with Gasteiger partial charge in [-0.3, -0.25) is 14.4 Å². The van der Waals surface area contributed by atoms with Gasteiger partial charge in [-0.15, -0.1) is 0 Å². The minimum Gasteiger partial charge on any atom is -0.480 e. The van der Waals surface area contributed by atoms with Gasteiger partial charge >= 0.3 is 0 Å². The second-order valence-electron chi connectivity index (χ2n) is 11.4. The largest absolute Gasteiger partial charge is 0.480 e. The van der Waals surface area contributed by atoms with Crippen LogP contribution < -0.4 is 10.1 Å². The highest BCUT2D eigenvalue weighted by Gasteiger charge is 2.18. The minimum absolute atomic E-state index is 0.0134. The van der Waals surface area contributed by atoms with Crippen LogP contribution in [0.3, 0.4) is 0 Å². The Hall–Kier alpha value is -4.50. The monoisotopic (exact) mass is 563 g/mol. The lowest BCUT2D eigenvalue weighted by atomic mass is 9.99. The average Bonchev–Trinajstić information content (AvgIpc) is 3.58. The second kappa shape index (κ2) is 11.8. The summed E-state index contributed by atoms with van der Waals surface area (Å²) in [6.45, 7) is 7.59. The number of aromatic amines is 1. The third-order valence-corrected chi connectivity index (χ3v) is 8.19. The molecule has 0 spiro atoms. The summed E-state index contributed by atoms with van der Waals surface area (Å²) >= 11 is 0. The number of carbonyl (C=O) groups is 1. The number of ether oxygens (including phenoxy) is 1. The zero-order valence-corrected chi connectivity index (χ0v) is 24.6. The second-order valence-corrected chi connectivity index (χ2v) is 11.4. The van der Waals surface area contributed by atoms with Gasteiger partial charge in [-0.2, -0.15) is 15.1 Å². The zero-order valence-electron chi connectivity index (χ0n) is 24.6. The van der Waals surface area contributed by atoms with Crippen LogP contribution in [0.15, 0.2) is 60.8 Å². The topological polar surface area (TPSA) is 101 Å². The smallest absolute Gasteiger partial charge is 0.232 e. The Morgan fingerprint density at radius 3 is 2.57 bits per heavy atom. The number of carbonyl (C=O) groups excluding carboxylic acids is 1. The number of nitrogens with one attached hydrogen (secondary N) is 2. The Kier molecular flexibility index (Phi) is 7.75. The summed E-state index contributed by atoms with van der Waals surface area (Å²) in [6.07, 6.45) is 4.73. The van der Waals surface area contributed by atoms with E-state index in [1.54, 1.807) is 11.8 Å². The highest BCUT2D eigenvalue weighted by atomic mass is 16.5. The standard InChI is InChI=1S/C33H37N7O2/c1-21-12-14-40(15-13-21)20-23-8-10-26(11-9-23)35-33-36-31-30(32(37-33)42-4)27(19-34-31)25-7-5-6-24(17-25)18-29(41)28-16-22(2)39(3)38-28/h5-11,16-17,19,21H,12-15,18,20H2,1-4H3,(H2,34,35,36,37). The van der Waals surface area contributed by atoms with Gasteiger partial charge in [0, 0.05) is 43.2 Å². The molecule has 0 saturated carbocycles. The predicted octanol–water partition coefficient (Wildman–Crippen LogP) is 6.08. The lowest BCUT2D eigenvalue weighted by Gasteiger charge is -2.30. The molecule has 0 amide bonds. The van der Waals surface area contributed by atoms with Crippen LogP contribution in [-0.2, 0) is 20.0 Å². The Morgan fingerprint density at radius 2 is 1.86 bits per heavy atom. The van der Waals surface area contributed by atoms with Gasteiger partial charge in [0.05, 0.1) is 12.5 Å². The number of likely N-dealkylation sites (tertiary alicyclic amines) is 1. The molecule has 1 aliphatic rings. The number of fused-ring (bicyclic) bond motifs is 1. The first-order valence-electron chi connectivity index (χ1n) is 14.5. The fourth-order valence-corrected chi connectivity index (χ4v) is 5.55. The molecular formula is C33H37N7O2.